The van der Waals surface area contributed by atoms with Crippen LogP contribution in [-0.4, -0.2) is 47.6 Å². The summed E-state index contributed by atoms with van der Waals surface area (Å²) in [5, 5.41) is 9.84. The second-order valence-electron chi connectivity index (χ2n) is 7.30. The minimum absolute atomic E-state index is 0.0140. The average Bonchev–Trinajstić information content (AvgIpc) is 3.17. The van der Waals surface area contributed by atoms with Gasteiger partial charge in [0.2, 0.25) is 0 Å². The van der Waals surface area contributed by atoms with E-state index in [0.717, 1.165) is 0 Å². The van der Waals surface area contributed by atoms with Crippen LogP contribution < -0.4 is 15.0 Å². The number of aromatic nitrogens is 3. The molecule has 7 nitrogen and oxygen atoms in total. The third-order valence-corrected chi connectivity index (χ3v) is 4.90. The summed E-state index contributed by atoms with van der Waals surface area (Å²) in [5.41, 5.74) is 1.03. The lowest BCUT2D eigenvalue weighted by Gasteiger charge is -2.36. The SMILES string of the molecule is COc1ccc(-c2cc(Nc3ccnc(N4C[C@@H](C)O[C@@H](C)C4)c3F)n[nH]2)c(F)c1. The molecule has 2 aromatic heterocycles. The van der Waals surface area contributed by atoms with Gasteiger partial charge >= 0.3 is 0 Å². The molecule has 0 saturated carbocycles. The maximum absolute atomic E-state index is 15.2. The molecule has 4 rings (SSSR count). The van der Waals surface area contributed by atoms with Crippen LogP contribution in [0.15, 0.2) is 36.5 Å². The molecule has 3 aromatic rings. The van der Waals surface area contributed by atoms with E-state index in [-0.39, 0.29) is 23.7 Å². The number of aromatic amines is 1. The van der Waals surface area contributed by atoms with Crippen LogP contribution in [0.5, 0.6) is 5.75 Å². The van der Waals surface area contributed by atoms with Gasteiger partial charge in [0.1, 0.15) is 11.6 Å². The number of benzene rings is 1. The van der Waals surface area contributed by atoms with Crippen LogP contribution in [0, 0.1) is 11.6 Å². The number of halogens is 2. The predicted molar refractivity (Wildman–Crippen MR) is 110 cm³/mol. The summed E-state index contributed by atoms with van der Waals surface area (Å²) in [7, 11) is 1.47. The van der Waals surface area contributed by atoms with Gasteiger partial charge in [-0.3, -0.25) is 5.10 Å². The highest BCUT2D eigenvalue weighted by Crippen LogP contribution is 2.30. The van der Waals surface area contributed by atoms with Gasteiger partial charge in [-0.25, -0.2) is 13.8 Å². The van der Waals surface area contributed by atoms with Gasteiger partial charge in [0.25, 0.3) is 0 Å². The van der Waals surface area contributed by atoms with Gasteiger partial charge in [0.05, 0.1) is 30.7 Å². The van der Waals surface area contributed by atoms with Crippen LogP contribution in [0.25, 0.3) is 11.3 Å². The molecule has 1 fully saturated rings. The molecule has 1 aromatic carbocycles. The molecule has 9 heteroatoms. The lowest BCUT2D eigenvalue weighted by molar-refractivity contribution is -0.00564. The third-order valence-electron chi connectivity index (χ3n) is 4.90. The molecule has 30 heavy (non-hydrogen) atoms. The molecule has 1 aliphatic rings. The molecular weight excluding hydrogens is 392 g/mol. The van der Waals surface area contributed by atoms with Crippen molar-refractivity contribution in [3.05, 3.63) is 48.2 Å². The van der Waals surface area contributed by atoms with Crippen molar-refractivity contribution in [1.29, 1.82) is 0 Å². The number of rotatable bonds is 5. The molecule has 3 heterocycles. The molecule has 1 saturated heterocycles. The smallest absolute Gasteiger partial charge is 0.189 e. The lowest BCUT2D eigenvalue weighted by atomic mass is 10.1. The van der Waals surface area contributed by atoms with E-state index >= 15 is 4.39 Å². The Morgan fingerprint density at radius 2 is 1.93 bits per heavy atom. The van der Waals surface area contributed by atoms with Crippen molar-refractivity contribution in [1.82, 2.24) is 15.2 Å². The fourth-order valence-electron chi connectivity index (χ4n) is 3.60. The summed E-state index contributed by atoms with van der Waals surface area (Å²) in [5.74, 6) is 0.127. The Balaban J connectivity index is 1.56. The predicted octanol–water partition coefficient (Wildman–Crippen LogP) is 4.12. The Bertz CT molecular complexity index is 1030. The first-order valence-corrected chi connectivity index (χ1v) is 9.66. The van der Waals surface area contributed by atoms with Crippen LogP contribution in [0.1, 0.15) is 13.8 Å². The van der Waals surface area contributed by atoms with Gasteiger partial charge < -0.3 is 19.7 Å². The first-order valence-electron chi connectivity index (χ1n) is 9.66. The number of nitrogens with zero attached hydrogens (tertiary/aromatic N) is 3. The van der Waals surface area contributed by atoms with Gasteiger partial charge in [0, 0.05) is 37.0 Å². The number of morpholine rings is 1. The van der Waals surface area contributed by atoms with Crippen molar-refractivity contribution in [3.8, 4) is 17.0 Å². The second kappa shape index (κ2) is 8.27. The topological polar surface area (TPSA) is 75.3 Å². The van der Waals surface area contributed by atoms with Crippen LogP contribution in [0.2, 0.25) is 0 Å². The quantitative estimate of drug-likeness (QED) is 0.653. The van der Waals surface area contributed by atoms with Crippen LogP contribution in [0.4, 0.5) is 26.1 Å². The molecule has 158 valence electrons. The van der Waals surface area contributed by atoms with Gasteiger partial charge in [-0.15, -0.1) is 0 Å². The summed E-state index contributed by atoms with van der Waals surface area (Å²) in [6, 6.07) is 7.70. The van der Waals surface area contributed by atoms with E-state index in [1.54, 1.807) is 24.4 Å². The van der Waals surface area contributed by atoms with E-state index in [4.69, 9.17) is 9.47 Å². The first-order chi connectivity index (χ1) is 14.4. The largest absolute Gasteiger partial charge is 0.497 e. The number of anilines is 3. The molecule has 1 aliphatic heterocycles. The molecular formula is C21H23F2N5O2. The number of hydrogen-bond acceptors (Lipinski definition) is 6. The van der Waals surface area contributed by atoms with Crippen molar-refractivity contribution < 1.29 is 18.3 Å². The number of pyridine rings is 1. The Labute approximate surface area is 173 Å². The van der Waals surface area contributed by atoms with Gasteiger partial charge in [-0.05, 0) is 32.0 Å². The van der Waals surface area contributed by atoms with E-state index in [0.29, 0.717) is 35.9 Å². The van der Waals surface area contributed by atoms with Crippen LogP contribution in [0.3, 0.4) is 0 Å². The average molecular weight is 415 g/mol. The minimum Gasteiger partial charge on any atom is -0.497 e. The summed E-state index contributed by atoms with van der Waals surface area (Å²) < 4.78 is 40.2. The number of hydrogen-bond donors (Lipinski definition) is 2. The van der Waals surface area contributed by atoms with E-state index in [1.807, 2.05) is 18.7 Å². The highest BCUT2D eigenvalue weighted by atomic mass is 19.1. The molecule has 2 N–H and O–H groups in total. The molecule has 0 radical (unpaired) electrons. The zero-order valence-electron chi connectivity index (χ0n) is 16.9. The summed E-state index contributed by atoms with van der Waals surface area (Å²) >= 11 is 0. The van der Waals surface area contributed by atoms with Crippen LogP contribution >= 0.6 is 0 Å². The monoisotopic (exact) mass is 415 g/mol. The molecule has 0 aliphatic carbocycles. The van der Waals surface area contributed by atoms with Crippen molar-refractivity contribution in [2.75, 3.05) is 30.4 Å². The molecule has 2 atom stereocenters. The minimum atomic E-state index is -0.473. The maximum Gasteiger partial charge on any atom is 0.189 e. The molecule has 0 spiro atoms. The zero-order chi connectivity index (χ0) is 21.3. The van der Waals surface area contributed by atoms with E-state index in [9.17, 15) is 4.39 Å². The lowest BCUT2D eigenvalue weighted by Crippen LogP contribution is -2.46. The molecule has 0 unspecified atom stereocenters. The standard InChI is InChI=1S/C21H23F2N5O2/c1-12-10-28(11-13(2)30-12)21-20(23)17(6-7-24-21)25-19-9-18(26-27-19)15-5-4-14(29-3)8-16(15)22/h4-9,12-13H,10-11H2,1-3H3,(H2,24,25,26,27)/t12-,13+. The van der Waals surface area contributed by atoms with E-state index in [2.05, 4.69) is 20.5 Å². The zero-order valence-corrected chi connectivity index (χ0v) is 16.9. The number of ether oxygens (including phenoxy) is 2. The van der Waals surface area contributed by atoms with Gasteiger partial charge in [-0.2, -0.15) is 5.10 Å². The van der Waals surface area contributed by atoms with Crippen molar-refractivity contribution in [3.63, 3.8) is 0 Å². The van der Waals surface area contributed by atoms with E-state index < -0.39 is 11.6 Å². The summed E-state index contributed by atoms with van der Waals surface area (Å²) in [4.78, 5) is 6.10. The molecule has 0 amide bonds. The Hall–Kier alpha value is -3.20. The van der Waals surface area contributed by atoms with Crippen molar-refractivity contribution >= 4 is 17.3 Å². The Morgan fingerprint density at radius 1 is 1.17 bits per heavy atom. The fourth-order valence-corrected chi connectivity index (χ4v) is 3.60. The normalized spacial score (nSPS) is 19.0. The number of methoxy groups -OCH3 is 1. The van der Waals surface area contributed by atoms with Crippen molar-refractivity contribution in [2.24, 2.45) is 0 Å². The third kappa shape index (κ3) is 4.06. The summed E-state index contributed by atoms with van der Waals surface area (Å²) in [6.07, 6.45) is 1.52. The van der Waals surface area contributed by atoms with E-state index in [1.165, 1.54) is 19.2 Å². The highest BCUT2D eigenvalue weighted by molar-refractivity contribution is 5.68. The second-order valence-corrected chi connectivity index (χ2v) is 7.30. The van der Waals surface area contributed by atoms with Crippen LogP contribution in [-0.2, 0) is 4.74 Å². The maximum atomic E-state index is 15.2. The number of H-pyrrole nitrogens is 1. The number of nitrogens with one attached hydrogen (secondary N) is 2. The fraction of sp³-hybridized carbons (Fsp3) is 0.333. The van der Waals surface area contributed by atoms with Crippen molar-refractivity contribution in [2.45, 2.75) is 26.1 Å². The highest BCUT2D eigenvalue weighted by Gasteiger charge is 2.26. The molecule has 0 bridgehead atoms. The Kier molecular flexibility index (Phi) is 5.54. The Morgan fingerprint density at radius 3 is 2.63 bits per heavy atom. The first kappa shape index (κ1) is 20.1. The van der Waals surface area contributed by atoms with Gasteiger partial charge in [0.15, 0.2) is 17.5 Å². The van der Waals surface area contributed by atoms with Gasteiger partial charge in [-0.1, -0.05) is 0 Å². The summed E-state index contributed by atoms with van der Waals surface area (Å²) in [6.45, 7) is 5.01.